The monoisotopic (exact) mass is 675 g/mol. The number of nitrogens with zero attached hydrogens (tertiary/aromatic N) is 3. The summed E-state index contributed by atoms with van der Waals surface area (Å²) in [6, 6.07) is 61.7. The molecule has 4 nitrogen and oxygen atoms in total. The van der Waals surface area contributed by atoms with E-state index in [-0.39, 0.29) is 0 Å². The first-order valence-corrected chi connectivity index (χ1v) is 17.8. The summed E-state index contributed by atoms with van der Waals surface area (Å²) in [5.41, 5.74) is 6.49. The SMILES string of the molecule is c1ccc(-c2nc(-c3ccc4ccc5ccc6ccccc6c5c4c3)nc(-c3cc(-c4ccc5ccccc5c4)cc4oc5ccccc5c34)n2)cc1. The van der Waals surface area contributed by atoms with Crippen molar-refractivity contribution in [1.82, 2.24) is 15.0 Å². The van der Waals surface area contributed by atoms with E-state index in [1.807, 2.05) is 30.3 Å². The molecule has 2 heterocycles. The van der Waals surface area contributed by atoms with Gasteiger partial charge in [0, 0.05) is 27.5 Å². The number of benzene rings is 9. The second-order valence-electron chi connectivity index (χ2n) is 13.6. The fourth-order valence-corrected chi connectivity index (χ4v) is 7.87. The Labute approximate surface area is 304 Å². The molecule has 0 saturated carbocycles. The van der Waals surface area contributed by atoms with Crippen LogP contribution in [0.4, 0.5) is 0 Å². The average Bonchev–Trinajstić information content (AvgIpc) is 3.61. The second-order valence-corrected chi connectivity index (χ2v) is 13.6. The zero-order valence-electron chi connectivity index (χ0n) is 28.5. The number of fused-ring (bicyclic) bond motifs is 9. The molecule has 53 heavy (non-hydrogen) atoms. The van der Waals surface area contributed by atoms with Gasteiger partial charge in [0.1, 0.15) is 11.2 Å². The first-order chi connectivity index (χ1) is 26.2. The molecule has 246 valence electrons. The van der Waals surface area contributed by atoms with Gasteiger partial charge in [-0.1, -0.05) is 146 Å². The highest BCUT2D eigenvalue weighted by atomic mass is 16.3. The molecule has 11 rings (SSSR count). The molecule has 0 aliphatic heterocycles. The Balaban J connectivity index is 1.19. The minimum Gasteiger partial charge on any atom is -0.456 e. The highest BCUT2D eigenvalue weighted by molar-refractivity contribution is 6.20. The van der Waals surface area contributed by atoms with E-state index in [2.05, 4.69) is 146 Å². The number of rotatable bonds is 4. The van der Waals surface area contributed by atoms with Gasteiger partial charge >= 0.3 is 0 Å². The van der Waals surface area contributed by atoms with E-state index in [0.717, 1.165) is 49.8 Å². The summed E-state index contributed by atoms with van der Waals surface area (Å²) in [6.07, 6.45) is 0. The molecule has 0 saturated heterocycles. The van der Waals surface area contributed by atoms with Crippen LogP contribution in [0.25, 0.3) is 110 Å². The molecule has 11 aromatic rings. The summed E-state index contributed by atoms with van der Waals surface area (Å²) in [6.45, 7) is 0. The van der Waals surface area contributed by atoms with E-state index in [0.29, 0.717) is 17.5 Å². The lowest BCUT2D eigenvalue weighted by molar-refractivity contribution is 0.669. The van der Waals surface area contributed by atoms with Crippen molar-refractivity contribution in [3.05, 3.63) is 176 Å². The van der Waals surface area contributed by atoms with Gasteiger partial charge in [-0.15, -0.1) is 0 Å². The van der Waals surface area contributed by atoms with Gasteiger partial charge in [0.25, 0.3) is 0 Å². The Morgan fingerprint density at radius 2 is 0.906 bits per heavy atom. The minimum absolute atomic E-state index is 0.594. The summed E-state index contributed by atoms with van der Waals surface area (Å²) in [7, 11) is 0. The van der Waals surface area contributed by atoms with Crippen LogP contribution in [0.3, 0.4) is 0 Å². The van der Waals surface area contributed by atoms with E-state index in [1.54, 1.807) is 0 Å². The number of hydrogen-bond donors (Lipinski definition) is 0. The van der Waals surface area contributed by atoms with Gasteiger partial charge in [0.05, 0.1) is 0 Å². The van der Waals surface area contributed by atoms with Gasteiger partial charge < -0.3 is 4.42 Å². The quantitative estimate of drug-likeness (QED) is 0.174. The van der Waals surface area contributed by atoms with Crippen molar-refractivity contribution in [3.8, 4) is 45.3 Å². The second kappa shape index (κ2) is 11.7. The molecular weight excluding hydrogens is 647 g/mol. The van der Waals surface area contributed by atoms with Crippen molar-refractivity contribution in [2.24, 2.45) is 0 Å². The number of para-hydroxylation sites is 1. The molecule has 0 bridgehead atoms. The van der Waals surface area contributed by atoms with Crippen LogP contribution < -0.4 is 0 Å². The van der Waals surface area contributed by atoms with E-state index in [9.17, 15) is 0 Å². The Hall–Kier alpha value is -7.17. The highest BCUT2D eigenvalue weighted by Gasteiger charge is 2.20. The third kappa shape index (κ3) is 4.88. The molecule has 0 fully saturated rings. The average molecular weight is 676 g/mol. The van der Waals surface area contributed by atoms with Crippen LogP contribution in [-0.2, 0) is 0 Å². The summed E-state index contributed by atoms with van der Waals surface area (Å²) in [5, 5.41) is 11.6. The lowest BCUT2D eigenvalue weighted by atomic mass is 9.95. The van der Waals surface area contributed by atoms with E-state index < -0.39 is 0 Å². The van der Waals surface area contributed by atoms with Gasteiger partial charge in [-0.05, 0) is 84.5 Å². The van der Waals surface area contributed by atoms with Crippen molar-refractivity contribution in [3.63, 3.8) is 0 Å². The molecule has 2 aromatic heterocycles. The number of furan rings is 1. The Morgan fingerprint density at radius 3 is 1.75 bits per heavy atom. The maximum atomic E-state index is 6.55. The summed E-state index contributed by atoms with van der Waals surface area (Å²) in [5.74, 6) is 1.83. The van der Waals surface area contributed by atoms with Crippen molar-refractivity contribution in [2.45, 2.75) is 0 Å². The maximum Gasteiger partial charge on any atom is 0.164 e. The summed E-state index contributed by atoms with van der Waals surface area (Å²) < 4.78 is 6.55. The highest BCUT2D eigenvalue weighted by Crippen LogP contribution is 2.41. The molecule has 0 amide bonds. The summed E-state index contributed by atoms with van der Waals surface area (Å²) >= 11 is 0. The molecule has 0 aliphatic rings. The molecular formula is C49H29N3O. The zero-order valence-corrected chi connectivity index (χ0v) is 28.5. The van der Waals surface area contributed by atoms with Crippen LogP contribution in [0.5, 0.6) is 0 Å². The molecule has 0 aliphatic carbocycles. The molecule has 0 unspecified atom stereocenters. The Morgan fingerprint density at radius 1 is 0.302 bits per heavy atom. The van der Waals surface area contributed by atoms with Crippen LogP contribution in [0, 0.1) is 0 Å². The molecule has 0 spiro atoms. The van der Waals surface area contributed by atoms with Crippen LogP contribution in [0.2, 0.25) is 0 Å². The molecule has 0 N–H and O–H groups in total. The smallest absolute Gasteiger partial charge is 0.164 e. The van der Waals surface area contributed by atoms with E-state index >= 15 is 0 Å². The molecule has 4 heteroatoms. The number of hydrogen-bond acceptors (Lipinski definition) is 4. The minimum atomic E-state index is 0.594. The van der Waals surface area contributed by atoms with Crippen LogP contribution >= 0.6 is 0 Å². The standard InChI is InChI=1S/C49H29N3O/c1-2-12-34(13-3-1)47-50-48(37-25-21-32-20-23-33-22-19-31-11-6-7-15-39(31)45(33)41(32)27-37)52-49(51-47)42-28-38(36-24-18-30-10-4-5-14-35(30)26-36)29-44-46(42)40-16-8-9-17-43(40)53-44/h1-29H. The van der Waals surface area contributed by atoms with Gasteiger partial charge in [-0.3, -0.25) is 0 Å². The van der Waals surface area contributed by atoms with Crippen LogP contribution in [-0.4, -0.2) is 15.0 Å². The number of aromatic nitrogens is 3. The Bertz CT molecular complexity index is 3230. The molecule has 0 radical (unpaired) electrons. The van der Waals surface area contributed by atoms with Crippen molar-refractivity contribution < 1.29 is 4.42 Å². The van der Waals surface area contributed by atoms with Gasteiger partial charge in [-0.25, -0.2) is 15.0 Å². The lowest BCUT2D eigenvalue weighted by Gasteiger charge is -2.12. The molecule has 9 aromatic carbocycles. The lowest BCUT2D eigenvalue weighted by Crippen LogP contribution is -2.01. The van der Waals surface area contributed by atoms with Gasteiger partial charge in [0.2, 0.25) is 0 Å². The summed E-state index contributed by atoms with van der Waals surface area (Å²) in [4.78, 5) is 15.7. The maximum absolute atomic E-state index is 6.55. The van der Waals surface area contributed by atoms with Crippen molar-refractivity contribution in [1.29, 1.82) is 0 Å². The predicted octanol–water partition coefficient (Wildman–Crippen LogP) is 13.1. The van der Waals surface area contributed by atoms with E-state index in [1.165, 1.54) is 43.1 Å². The molecule has 0 atom stereocenters. The van der Waals surface area contributed by atoms with Crippen molar-refractivity contribution in [2.75, 3.05) is 0 Å². The zero-order chi connectivity index (χ0) is 34.9. The van der Waals surface area contributed by atoms with Crippen LogP contribution in [0.15, 0.2) is 180 Å². The fourth-order valence-electron chi connectivity index (χ4n) is 7.87. The van der Waals surface area contributed by atoms with Gasteiger partial charge in [-0.2, -0.15) is 0 Å². The predicted molar refractivity (Wildman–Crippen MR) is 219 cm³/mol. The van der Waals surface area contributed by atoms with Gasteiger partial charge in [0.15, 0.2) is 17.5 Å². The largest absolute Gasteiger partial charge is 0.456 e. The first-order valence-electron chi connectivity index (χ1n) is 17.8. The normalized spacial score (nSPS) is 11.8. The van der Waals surface area contributed by atoms with E-state index in [4.69, 9.17) is 19.4 Å². The topological polar surface area (TPSA) is 51.8 Å². The van der Waals surface area contributed by atoms with Crippen LogP contribution in [0.1, 0.15) is 0 Å². The third-order valence-corrected chi connectivity index (χ3v) is 10.5. The third-order valence-electron chi connectivity index (χ3n) is 10.5. The van der Waals surface area contributed by atoms with Crippen molar-refractivity contribution >= 4 is 65.0 Å². The fraction of sp³-hybridized carbons (Fsp3) is 0. The first kappa shape index (κ1) is 29.5. The Kier molecular flexibility index (Phi) is 6.52.